The molecule has 8 heteroatoms. The molecule has 1 fully saturated rings. The van der Waals surface area contributed by atoms with Crippen LogP contribution in [0, 0.1) is 5.82 Å². The number of hydrogen-bond donors (Lipinski definition) is 1. The highest BCUT2D eigenvalue weighted by atomic mass is 35.5. The quantitative estimate of drug-likeness (QED) is 0.842. The lowest BCUT2D eigenvalue weighted by atomic mass is 10.1. The molecule has 0 radical (unpaired) electrons. The van der Waals surface area contributed by atoms with Gasteiger partial charge in [0.1, 0.15) is 11.4 Å². The minimum absolute atomic E-state index is 0.0228. The van der Waals surface area contributed by atoms with E-state index < -0.39 is 11.4 Å². The molecule has 0 aromatic heterocycles. The zero-order valence-corrected chi connectivity index (χ0v) is 16.3. The molecule has 1 aliphatic rings. The van der Waals surface area contributed by atoms with Crippen molar-refractivity contribution in [1.82, 2.24) is 15.1 Å². The zero-order chi connectivity index (χ0) is 19.5. The van der Waals surface area contributed by atoms with Crippen LogP contribution in [0.4, 0.5) is 14.0 Å². The third kappa shape index (κ3) is 5.49. The van der Waals surface area contributed by atoms with Crippen molar-refractivity contribution in [2.75, 3.05) is 26.2 Å². The number of carbonyl (C=O) groups excluding carboxylic acids is 2. The summed E-state index contributed by atoms with van der Waals surface area (Å²) in [4.78, 5) is 27.7. The van der Waals surface area contributed by atoms with Crippen molar-refractivity contribution in [2.45, 2.75) is 39.3 Å². The van der Waals surface area contributed by atoms with Crippen LogP contribution in [0.2, 0.25) is 5.02 Å². The molecule has 26 heavy (non-hydrogen) atoms. The minimum Gasteiger partial charge on any atom is -0.444 e. The largest absolute Gasteiger partial charge is 0.444 e. The van der Waals surface area contributed by atoms with Crippen LogP contribution >= 0.6 is 11.6 Å². The van der Waals surface area contributed by atoms with E-state index >= 15 is 0 Å². The number of halogens is 2. The lowest BCUT2D eigenvalue weighted by Crippen LogP contribution is -2.54. The predicted octanol–water partition coefficient (Wildman–Crippen LogP) is 3.80. The van der Waals surface area contributed by atoms with Crippen molar-refractivity contribution >= 4 is 23.7 Å². The van der Waals surface area contributed by atoms with Gasteiger partial charge in [0.15, 0.2) is 0 Å². The van der Waals surface area contributed by atoms with Gasteiger partial charge in [-0.05, 0) is 45.4 Å². The lowest BCUT2D eigenvalue weighted by molar-refractivity contribution is 0.0169. The highest BCUT2D eigenvalue weighted by molar-refractivity contribution is 6.30. The van der Waals surface area contributed by atoms with Gasteiger partial charge in [-0.2, -0.15) is 0 Å². The molecule has 1 unspecified atom stereocenters. The fraction of sp³-hybridized carbons (Fsp3) is 0.556. The second kappa shape index (κ2) is 8.12. The summed E-state index contributed by atoms with van der Waals surface area (Å²) in [7, 11) is 0. The Kier molecular flexibility index (Phi) is 6.34. The van der Waals surface area contributed by atoms with Gasteiger partial charge in [-0.15, -0.1) is 0 Å². The number of benzene rings is 1. The molecule has 144 valence electrons. The maximum atomic E-state index is 13.3. The molecular formula is C18H25ClFN3O3. The average Bonchev–Trinajstić information content (AvgIpc) is 2.55. The van der Waals surface area contributed by atoms with Crippen molar-refractivity contribution in [2.24, 2.45) is 0 Å². The molecule has 1 saturated heterocycles. The number of nitrogens with zero attached hydrogens (tertiary/aromatic N) is 2. The molecule has 0 saturated carbocycles. The SMILES string of the molecule is CC(NC(=O)N1CCN(C(=O)OC(C)(C)C)CC1)c1ccc(F)c(Cl)c1. The number of carbonyl (C=O) groups is 2. The Hall–Kier alpha value is -2.02. The van der Waals surface area contributed by atoms with Gasteiger partial charge in [-0.25, -0.2) is 14.0 Å². The summed E-state index contributed by atoms with van der Waals surface area (Å²) < 4.78 is 18.6. The topological polar surface area (TPSA) is 61.9 Å². The van der Waals surface area contributed by atoms with E-state index in [1.54, 1.807) is 22.8 Å². The number of piperazine rings is 1. The molecule has 6 nitrogen and oxygen atoms in total. The van der Waals surface area contributed by atoms with Crippen LogP contribution in [0.1, 0.15) is 39.3 Å². The number of nitrogens with one attached hydrogen (secondary N) is 1. The summed E-state index contributed by atoms with van der Waals surface area (Å²) in [5.41, 5.74) is 0.175. The van der Waals surface area contributed by atoms with Crippen LogP contribution in [0.15, 0.2) is 18.2 Å². The van der Waals surface area contributed by atoms with E-state index in [1.165, 1.54) is 12.1 Å². The van der Waals surface area contributed by atoms with Crippen LogP contribution in [0.25, 0.3) is 0 Å². The summed E-state index contributed by atoms with van der Waals surface area (Å²) >= 11 is 5.79. The second-order valence-electron chi connectivity index (χ2n) is 7.30. The summed E-state index contributed by atoms with van der Waals surface area (Å²) in [6.45, 7) is 8.92. The van der Waals surface area contributed by atoms with Gasteiger partial charge in [0.05, 0.1) is 11.1 Å². The Bertz CT molecular complexity index is 670. The fourth-order valence-corrected chi connectivity index (χ4v) is 2.75. The molecule has 1 N–H and O–H groups in total. The van der Waals surface area contributed by atoms with Gasteiger partial charge in [-0.1, -0.05) is 17.7 Å². The maximum absolute atomic E-state index is 13.3. The molecule has 3 amide bonds. The van der Waals surface area contributed by atoms with E-state index in [4.69, 9.17) is 16.3 Å². The fourth-order valence-electron chi connectivity index (χ4n) is 2.56. The second-order valence-corrected chi connectivity index (χ2v) is 7.71. The third-order valence-electron chi connectivity index (χ3n) is 4.00. The van der Waals surface area contributed by atoms with Crippen LogP contribution < -0.4 is 5.32 Å². The molecule has 0 aliphatic carbocycles. The Labute approximate surface area is 158 Å². The highest BCUT2D eigenvalue weighted by Gasteiger charge is 2.28. The van der Waals surface area contributed by atoms with Gasteiger partial charge in [0.2, 0.25) is 0 Å². The molecule has 0 bridgehead atoms. The Morgan fingerprint density at radius 2 is 1.77 bits per heavy atom. The van der Waals surface area contributed by atoms with E-state index in [2.05, 4.69) is 5.32 Å². The summed E-state index contributed by atoms with van der Waals surface area (Å²) in [6, 6.07) is 3.82. The van der Waals surface area contributed by atoms with Crippen molar-refractivity contribution < 1.29 is 18.7 Å². The Morgan fingerprint density at radius 3 is 2.31 bits per heavy atom. The molecular weight excluding hydrogens is 361 g/mol. The molecule has 0 spiro atoms. The smallest absolute Gasteiger partial charge is 0.410 e. The molecule has 1 heterocycles. The number of amides is 3. The summed E-state index contributed by atoms with van der Waals surface area (Å²) in [6.07, 6.45) is -0.369. The van der Waals surface area contributed by atoms with Crippen LogP contribution in [0.5, 0.6) is 0 Å². The van der Waals surface area contributed by atoms with Crippen molar-refractivity contribution in [3.63, 3.8) is 0 Å². The average molecular weight is 386 g/mol. The van der Waals surface area contributed by atoms with E-state index in [-0.39, 0.29) is 23.2 Å². The van der Waals surface area contributed by atoms with Gasteiger partial charge < -0.3 is 19.9 Å². The molecule has 2 rings (SSSR count). The van der Waals surface area contributed by atoms with E-state index in [9.17, 15) is 14.0 Å². The molecule has 1 aromatic carbocycles. The molecule has 1 aromatic rings. The summed E-state index contributed by atoms with van der Waals surface area (Å²) in [5.74, 6) is -0.493. The number of rotatable bonds is 2. The number of urea groups is 1. The third-order valence-corrected chi connectivity index (χ3v) is 4.29. The normalized spacial score (nSPS) is 16.2. The first-order chi connectivity index (χ1) is 12.1. The van der Waals surface area contributed by atoms with Crippen LogP contribution in [-0.2, 0) is 4.74 Å². The van der Waals surface area contributed by atoms with E-state index in [0.29, 0.717) is 26.2 Å². The predicted molar refractivity (Wildman–Crippen MR) is 97.7 cm³/mol. The van der Waals surface area contributed by atoms with E-state index in [0.717, 1.165) is 5.56 Å². The van der Waals surface area contributed by atoms with Gasteiger partial charge in [-0.3, -0.25) is 0 Å². The first-order valence-corrected chi connectivity index (χ1v) is 8.93. The van der Waals surface area contributed by atoms with E-state index in [1.807, 2.05) is 20.8 Å². The first-order valence-electron chi connectivity index (χ1n) is 8.55. The maximum Gasteiger partial charge on any atom is 0.410 e. The van der Waals surface area contributed by atoms with Crippen molar-refractivity contribution in [1.29, 1.82) is 0 Å². The van der Waals surface area contributed by atoms with Crippen LogP contribution in [-0.4, -0.2) is 53.7 Å². The number of ether oxygens (including phenoxy) is 1. The van der Waals surface area contributed by atoms with Crippen molar-refractivity contribution in [3.05, 3.63) is 34.6 Å². The van der Waals surface area contributed by atoms with Gasteiger partial charge in [0.25, 0.3) is 0 Å². The summed E-state index contributed by atoms with van der Waals surface area (Å²) in [5, 5.41) is 2.89. The minimum atomic E-state index is -0.544. The number of hydrogen-bond acceptors (Lipinski definition) is 3. The van der Waals surface area contributed by atoms with Crippen LogP contribution in [0.3, 0.4) is 0 Å². The lowest BCUT2D eigenvalue weighted by Gasteiger charge is -2.36. The Balaban J connectivity index is 1.86. The standard InChI is InChI=1S/C18H25ClFN3O3/c1-12(13-5-6-15(20)14(19)11-13)21-16(24)22-7-9-23(10-8-22)17(25)26-18(2,3)4/h5-6,11-12H,7-10H2,1-4H3,(H,21,24). The first kappa shape index (κ1) is 20.3. The highest BCUT2D eigenvalue weighted by Crippen LogP contribution is 2.21. The van der Waals surface area contributed by atoms with Gasteiger partial charge in [0, 0.05) is 26.2 Å². The molecule has 1 aliphatic heterocycles. The zero-order valence-electron chi connectivity index (χ0n) is 15.5. The van der Waals surface area contributed by atoms with Gasteiger partial charge >= 0.3 is 12.1 Å². The monoisotopic (exact) mass is 385 g/mol. The molecule has 1 atom stereocenters. The Morgan fingerprint density at radius 1 is 1.19 bits per heavy atom. The van der Waals surface area contributed by atoms with Crippen molar-refractivity contribution in [3.8, 4) is 0 Å².